The molecule has 0 amide bonds. The maximum atomic E-state index is 8.77. The molecule has 0 N–H and O–H groups in total. The summed E-state index contributed by atoms with van der Waals surface area (Å²) in [4.78, 5) is 4.84. The molecule has 2 heterocycles. The van der Waals surface area contributed by atoms with Crippen LogP contribution in [0.1, 0.15) is 25.4 Å². The summed E-state index contributed by atoms with van der Waals surface area (Å²) in [6.45, 7) is 8.58. The van der Waals surface area contributed by atoms with E-state index in [1.807, 2.05) is 12.1 Å². The van der Waals surface area contributed by atoms with E-state index in [4.69, 9.17) is 9.68 Å². The number of hydrogen-bond donors (Lipinski definition) is 0. The smallest absolute Gasteiger partial charge is 0.203 e. The molecule has 1 unspecified atom stereocenters. The van der Waals surface area contributed by atoms with Crippen LogP contribution in [0.25, 0.3) is 0 Å². The van der Waals surface area contributed by atoms with Crippen molar-refractivity contribution in [2.75, 3.05) is 26.7 Å². The van der Waals surface area contributed by atoms with Crippen molar-refractivity contribution < 1.29 is 4.42 Å². The molecule has 1 fully saturated rings. The maximum Gasteiger partial charge on any atom is 0.203 e. The lowest BCUT2D eigenvalue weighted by molar-refractivity contribution is 0.0519. The van der Waals surface area contributed by atoms with E-state index in [9.17, 15) is 0 Å². The van der Waals surface area contributed by atoms with E-state index in [0.717, 1.165) is 31.9 Å². The Labute approximate surface area is 109 Å². The summed E-state index contributed by atoms with van der Waals surface area (Å²) in [6.07, 6.45) is 0. The van der Waals surface area contributed by atoms with Gasteiger partial charge in [0.25, 0.3) is 0 Å². The van der Waals surface area contributed by atoms with Gasteiger partial charge in [0, 0.05) is 25.7 Å². The van der Waals surface area contributed by atoms with E-state index in [1.54, 1.807) is 6.07 Å². The lowest BCUT2D eigenvalue weighted by Crippen LogP contribution is -2.53. The molecule has 1 saturated heterocycles. The van der Waals surface area contributed by atoms with Gasteiger partial charge in [-0.2, -0.15) is 5.26 Å². The van der Waals surface area contributed by atoms with Gasteiger partial charge in [-0.1, -0.05) is 13.8 Å². The molecule has 0 saturated carbocycles. The fourth-order valence-electron chi connectivity index (χ4n) is 2.54. The molecular formula is C14H21N3O. The summed E-state index contributed by atoms with van der Waals surface area (Å²) >= 11 is 0. The molecule has 4 nitrogen and oxygen atoms in total. The Balaban J connectivity index is 2.04. The predicted molar refractivity (Wildman–Crippen MR) is 70.0 cm³/mol. The van der Waals surface area contributed by atoms with Gasteiger partial charge in [-0.05, 0) is 25.1 Å². The summed E-state index contributed by atoms with van der Waals surface area (Å²) in [7, 11) is 2.17. The van der Waals surface area contributed by atoms with Crippen LogP contribution in [-0.4, -0.2) is 42.5 Å². The van der Waals surface area contributed by atoms with Crippen molar-refractivity contribution in [2.45, 2.75) is 26.4 Å². The number of nitriles is 1. The maximum absolute atomic E-state index is 8.77. The van der Waals surface area contributed by atoms with Crippen molar-refractivity contribution >= 4 is 0 Å². The third-order valence-corrected chi connectivity index (χ3v) is 3.64. The molecule has 0 radical (unpaired) electrons. The Kier molecular flexibility index (Phi) is 4.05. The molecule has 1 aliphatic rings. The average Bonchev–Trinajstić information content (AvgIpc) is 2.79. The van der Waals surface area contributed by atoms with Gasteiger partial charge in [0.2, 0.25) is 5.76 Å². The first kappa shape index (κ1) is 13.1. The van der Waals surface area contributed by atoms with Crippen molar-refractivity contribution in [1.82, 2.24) is 9.80 Å². The predicted octanol–water partition coefficient (Wildman–Crippen LogP) is 1.92. The largest absolute Gasteiger partial charge is 0.449 e. The van der Waals surface area contributed by atoms with Gasteiger partial charge in [0.1, 0.15) is 11.8 Å². The Bertz CT molecular complexity index is 432. The second-order valence-electron chi connectivity index (χ2n) is 5.42. The van der Waals surface area contributed by atoms with Crippen LogP contribution in [0.5, 0.6) is 0 Å². The first-order valence-corrected chi connectivity index (χ1v) is 6.51. The molecule has 1 aromatic rings. The van der Waals surface area contributed by atoms with E-state index in [2.05, 4.69) is 30.7 Å². The lowest BCUT2D eigenvalue weighted by Gasteiger charge is -2.41. The molecule has 18 heavy (non-hydrogen) atoms. The Morgan fingerprint density at radius 3 is 2.83 bits per heavy atom. The van der Waals surface area contributed by atoms with Crippen LogP contribution < -0.4 is 0 Å². The van der Waals surface area contributed by atoms with Crippen molar-refractivity contribution in [3.63, 3.8) is 0 Å². The van der Waals surface area contributed by atoms with Crippen LogP contribution >= 0.6 is 0 Å². The summed E-state index contributed by atoms with van der Waals surface area (Å²) in [5.41, 5.74) is 0. The molecule has 0 aromatic carbocycles. The average molecular weight is 247 g/mol. The van der Waals surface area contributed by atoms with Crippen LogP contribution in [0.2, 0.25) is 0 Å². The second-order valence-corrected chi connectivity index (χ2v) is 5.42. The zero-order valence-corrected chi connectivity index (χ0v) is 11.4. The Morgan fingerprint density at radius 2 is 2.22 bits per heavy atom. The minimum absolute atomic E-state index is 0.403. The molecular weight excluding hydrogens is 226 g/mol. The van der Waals surface area contributed by atoms with Gasteiger partial charge in [-0.25, -0.2) is 0 Å². The van der Waals surface area contributed by atoms with Crippen LogP contribution in [0.15, 0.2) is 16.5 Å². The number of furan rings is 1. The number of hydrogen-bond acceptors (Lipinski definition) is 4. The quantitative estimate of drug-likeness (QED) is 0.818. The summed E-state index contributed by atoms with van der Waals surface area (Å²) in [6, 6.07) is 6.24. The van der Waals surface area contributed by atoms with Crippen LogP contribution in [0.3, 0.4) is 0 Å². The first-order valence-electron chi connectivity index (χ1n) is 6.51. The van der Waals surface area contributed by atoms with Crippen LogP contribution in [-0.2, 0) is 6.54 Å². The number of piperazine rings is 1. The van der Waals surface area contributed by atoms with Crippen molar-refractivity contribution in [1.29, 1.82) is 5.26 Å². The zero-order chi connectivity index (χ0) is 13.1. The van der Waals surface area contributed by atoms with Gasteiger partial charge >= 0.3 is 0 Å². The number of likely N-dealkylation sites (N-methyl/N-ethyl adjacent to an activating group) is 1. The lowest BCUT2D eigenvalue weighted by atomic mass is 9.99. The standard InChI is InChI=1S/C14H21N3O/c1-11(2)14-10-16(3)6-7-17(14)9-13-5-4-12(8-15)18-13/h4-5,11,14H,6-7,9-10H2,1-3H3. The van der Waals surface area contributed by atoms with E-state index in [1.165, 1.54) is 0 Å². The van der Waals surface area contributed by atoms with Crippen molar-refractivity contribution in [3.8, 4) is 6.07 Å². The fourth-order valence-corrected chi connectivity index (χ4v) is 2.54. The first-order chi connectivity index (χ1) is 8.60. The number of rotatable bonds is 3. The molecule has 0 spiro atoms. The molecule has 2 rings (SSSR count). The third-order valence-electron chi connectivity index (χ3n) is 3.64. The molecule has 1 aliphatic heterocycles. The van der Waals surface area contributed by atoms with Crippen LogP contribution in [0.4, 0.5) is 0 Å². The van der Waals surface area contributed by atoms with Crippen molar-refractivity contribution in [3.05, 3.63) is 23.7 Å². The van der Waals surface area contributed by atoms with Crippen LogP contribution in [0, 0.1) is 17.2 Å². The summed E-state index contributed by atoms with van der Waals surface area (Å²) < 4.78 is 5.47. The zero-order valence-electron chi connectivity index (χ0n) is 11.4. The number of nitrogens with zero attached hydrogens (tertiary/aromatic N) is 3. The van der Waals surface area contributed by atoms with Gasteiger partial charge < -0.3 is 9.32 Å². The molecule has 98 valence electrons. The van der Waals surface area contributed by atoms with E-state index < -0.39 is 0 Å². The minimum atomic E-state index is 0.403. The van der Waals surface area contributed by atoms with Crippen molar-refractivity contribution in [2.24, 2.45) is 5.92 Å². The molecule has 0 aliphatic carbocycles. The molecule has 1 atom stereocenters. The third kappa shape index (κ3) is 2.92. The monoisotopic (exact) mass is 247 g/mol. The minimum Gasteiger partial charge on any atom is -0.449 e. The highest BCUT2D eigenvalue weighted by Crippen LogP contribution is 2.20. The summed E-state index contributed by atoms with van der Waals surface area (Å²) in [5, 5.41) is 8.77. The fraction of sp³-hybridized carbons (Fsp3) is 0.643. The highest BCUT2D eigenvalue weighted by atomic mass is 16.3. The molecule has 4 heteroatoms. The SMILES string of the molecule is CC(C)C1CN(C)CCN1Cc1ccc(C#N)o1. The van der Waals surface area contributed by atoms with E-state index >= 15 is 0 Å². The van der Waals surface area contributed by atoms with E-state index in [0.29, 0.717) is 17.7 Å². The topological polar surface area (TPSA) is 43.4 Å². The summed E-state index contributed by atoms with van der Waals surface area (Å²) in [5.74, 6) is 1.92. The highest BCUT2D eigenvalue weighted by molar-refractivity contribution is 5.19. The normalized spacial score (nSPS) is 22.3. The van der Waals surface area contributed by atoms with E-state index in [-0.39, 0.29) is 0 Å². The van der Waals surface area contributed by atoms with Gasteiger partial charge in [0.15, 0.2) is 0 Å². The van der Waals surface area contributed by atoms with Gasteiger partial charge in [-0.15, -0.1) is 0 Å². The Hall–Kier alpha value is -1.31. The second kappa shape index (κ2) is 5.55. The molecule has 0 bridgehead atoms. The Morgan fingerprint density at radius 1 is 1.44 bits per heavy atom. The molecule has 1 aromatic heterocycles. The van der Waals surface area contributed by atoms with Gasteiger partial charge in [0.05, 0.1) is 6.54 Å². The van der Waals surface area contributed by atoms with Gasteiger partial charge in [-0.3, -0.25) is 4.90 Å². The highest BCUT2D eigenvalue weighted by Gasteiger charge is 2.28.